The minimum atomic E-state index is -0.341. The van der Waals surface area contributed by atoms with Crippen LogP contribution in [-0.2, 0) is 4.79 Å². The van der Waals surface area contributed by atoms with Gasteiger partial charge in [0.1, 0.15) is 17.2 Å². The van der Waals surface area contributed by atoms with Crippen molar-refractivity contribution in [3.05, 3.63) is 77.4 Å². The molecule has 5 heteroatoms. The molecule has 2 aliphatic rings. The summed E-state index contributed by atoms with van der Waals surface area (Å²) in [5.74, 6) is 1.73. The number of carbonyl (C=O) groups is 1. The molecule has 1 atom stereocenters. The standard InChI is InChI=1S/C28H27NO4/c1-16-15-28(3,4)29-21-14-13-20-25-22(31-5)7-6-8-23(25)33-27(26(20)24(16)21)18-9-11-19(12-10-18)32-17(2)30/h6-15,27,29H,1-5H3. The highest BCUT2D eigenvalue weighted by molar-refractivity contribution is 5.91. The maximum atomic E-state index is 11.3. The van der Waals surface area contributed by atoms with E-state index in [1.165, 1.54) is 12.5 Å². The number of carbonyl (C=O) groups excluding carboxylic acids is 1. The van der Waals surface area contributed by atoms with Crippen LogP contribution in [-0.4, -0.2) is 18.6 Å². The van der Waals surface area contributed by atoms with E-state index in [-0.39, 0.29) is 17.6 Å². The highest BCUT2D eigenvalue weighted by atomic mass is 16.5. The zero-order valence-corrected chi connectivity index (χ0v) is 19.5. The van der Waals surface area contributed by atoms with E-state index in [1.54, 1.807) is 19.2 Å². The molecule has 0 aliphatic carbocycles. The van der Waals surface area contributed by atoms with Gasteiger partial charge in [-0.1, -0.05) is 30.3 Å². The highest BCUT2D eigenvalue weighted by Crippen LogP contribution is 2.53. The van der Waals surface area contributed by atoms with Crippen LogP contribution in [0.15, 0.2) is 60.7 Å². The van der Waals surface area contributed by atoms with Crippen LogP contribution in [0.25, 0.3) is 16.7 Å². The molecule has 168 valence electrons. The van der Waals surface area contributed by atoms with Crippen molar-refractivity contribution in [2.24, 2.45) is 0 Å². The van der Waals surface area contributed by atoms with Gasteiger partial charge in [-0.3, -0.25) is 4.79 Å². The number of fused-ring (bicyclic) bond motifs is 5. The number of methoxy groups -OCH3 is 1. The number of hydrogen-bond acceptors (Lipinski definition) is 5. The summed E-state index contributed by atoms with van der Waals surface area (Å²) in [6.07, 6.45) is 1.93. The summed E-state index contributed by atoms with van der Waals surface area (Å²) in [4.78, 5) is 11.3. The fraction of sp³-hybridized carbons (Fsp3) is 0.250. The first-order chi connectivity index (χ1) is 15.8. The molecule has 2 heterocycles. The van der Waals surface area contributed by atoms with Crippen molar-refractivity contribution < 1.29 is 19.0 Å². The van der Waals surface area contributed by atoms with Crippen LogP contribution in [0.4, 0.5) is 5.69 Å². The lowest BCUT2D eigenvalue weighted by Gasteiger charge is -2.37. The monoisotopic (exact) mass is 441 g/mol. The lowest BCUT2D eigenvalue weighted by atomic mass is 9.80. The van der Waals surface area contributed by atoms with E-state index in [1.807, 2.05) is 30.3 Å². The zero-order chi connectivity index (χ0) is 23.3. The molecule has 0 fully saturated rings. The second kappa shape index (κ2) is 7.69. The van der Waals surface area contributed by atoms with Gasteiger partial charge in [-0.15, -0.1) is 0 Å². The van der Waals surface area contributed by atoms with Gasteiger partial charge in [0.05, 0.1) is 18.2 Å². The molecule has 0 aromatic heterocycles. The van der Waals surface area contributed by atoms with Crippen LogP contribution in [0.1, 0.15) is 50.5 Å². The minimum Gasteiger partial charge on any atom is -0.496 e. The molecule has 0 saturated heterocycles. The number of esters is 1. The largest absolute Gasteiger partial charge is 0.496 e. The van der Waals surface area contributed by atoms with Crippen LogP contribution in [0.2, 0.25) is 0 Å². The van der Waals surface area contributed by atoms with E-state index in [0.29, 0.717) is 5.75 Å². The predicted molar refractivity (Wildman–Crippen MR) is 130 cm³/mol. The molecular weight excluding hydrogens is 414 g/mol. The second-order valence-electron chi connectivity index (χ2n) is 9.12. The fourth-order valence-corrected chi connectivity index (χ4v) is 4.98. The van der Waals surface area contributed by atoms with Crippen LogP contribution < -0.4 is 19.5 Å². The molecule has 0 saturated carbocycles. The van der Waals surface area contributed by atoms with Crippen molar-refractivity contribution in [1.29, 1.82) is 0 Å². The quantitative estimate of drug-likeness (QED) is 0.378. The summed E-state index contributed by atoms with van der Waals surface area (Å²) in [6, 6.07) is 17.7. The predicted octanol–water partition coefficient (Wildman–Crippen LogP) is 6.38. The van der Waals surface area contributed by atoms with Crippen molar-refractivity contribution in [1.82, 2.24) is 0 Å². The lowest BCUT2D eigenvalue weighted by Crippen LogP contribution is -2.32. The molecule has 0 bridgehead atoms. The Morgan fingerprint density at radius 1 is 1.03 bits per heavy atom. The summed E-state index contributed by atoms with van der Waals surface area (Å²) >= 11 is 0. The van der Waals surface area contributed by atoms with Gasteiger partial charge in [0.25, 0.3) is 0 Å². The number of anilines is 1. The van der Waals surface area contributed by atoms with E-state index in [9.17, 15) is 4.79 Å². The molecule has 3 aromatic rings. The first-order valence-corrected chi connectivity index (χ1v) is 11.0. The smallest absolute Gasteiger partial charge is 0.308 e. The number of benzene rings is 3. The second-order valence-corrected chi connectivity index (χ2v) is 9.12. The number of allylic oxidation sites excluding steroid dienone is 1. The molecule has 3 aromatic carbocycles. The lowest BCUT2D eigenvalue weighted by molar-refractivity contribution is -0.131. The summed E-state index contributed by atoms with van der Waals surface area (Å²) < 4.78 is 17.6. The SMILES string of the molecule is COc1cccc2c1-c1ccc3c(c1C(c1ccc(OC(C)=O)cc1)O2)C(C)=CC(C)(C)N3. The third kappa shape index (κ3) is 3.63. The maximum absolute atomic E-state index is 11.3. The van der Waals surface area contributed by atoms with Gasteiger partial charge in [-0.25, -0.2) is 0 Å². The van der Waals surface area contributed by atoms with Crippen LogP contribution in [0.3, 0.4) is 0 Å². The van der Waals surface area contributed by atoms with E-state index >= 15 is 0 Å². The fourth-order valence-electron chi connectivity index (χ4n) is 4.98. The van der Waals surface area contributed by atoms with Crippen molar-refractivity contribution >= 4 is 17.2 Å². The number of hydrogen-bond donors (Lipinski definition) is 1. The van der Waals surface area contributed by atoms with Crippen LogP contribution in [0.5, 0.6) is 17.2 Å². The molecule has 5 nitrogen and oxygen atoms in total. The molecule has 2 aliphatic heterocycles. The van der Waals surface area contributed by atoms with E-state index in [4.69, 9.17) is 14.2 Å². The minimum absolute atomic E-state index is 0.141. The van der Waals surface area contributed by atoms with Gasteiger partial charge in [-0.05, 0) is 67.8 Å². The summed E-state index contributed by atoms with van der Waals surface area (Å²) in [6.45, 7) is 7.88. The molecule has 0 spiro atoms. The molecular formula is C28H27NO4. The molecule has 33 heavy (non-hydrogen) atoms. The molecule has 0 radical (unpaired) electrons. The van der Waals surface area contributed by atoms with E-state index in [2.05, 4.69) is 44.3 Å². The normalized spacial score (nSPS) is 17.4. The number of nitrogens with one attached hydrogen (secondary N) is 1. The summed E-state index contributed by atoms with van der Waals surface area (Å²) in [5.41, 5.74) is 7.43. The molecule has 0 amide bonds. The maximum Gasteiger partial charge on any atom is 0.308 e. The Labute approximate surface area is 194 Å². The Hall–Kier alpha value is -3.73. The number of ether oxygens (including phenoxy) is 3. The van der Waals surface area contributed by atoms with Crippen molar-refractivity contribution in [3.8, 4) is 28.4 Å². The summed E-state index contributed by atoms with van der Waals surface area (Å²) in [5, 5.41) is 3.65. The molecule has 5 rings (SSSR count). The molecule has 1 N–H and O–H groups in total. The Kier molecular flexibility index (Phi) is 4.93. The van der Waals surface area contributed by atoms with Gasteiger partial charge in [-0.2, -0.15) is 0 Å². The number of rotatable bonds is 3. The van der Waals surface area contributed by atoms with Gasteiger partial charge < -0.3 is 19.5 Å². The van der Waals surface area contributed by atoms with Crippen molar-refractivity contribution in [2.75, 3.05) is 12.4 Å². The first-order valence-electron chi connectivity index (χ1n) is 11.0. The van der Waals surface area contributed by atoms with Crippen molar-refractivity contribution in [3.63, 3.8) is 0 Å². The third-order valence-electron chi connectivity index (χ3n) is 6.10. The van der Waals surface area contributed by atoms with Crippen LogP contribution >= 0.6 is 0 Å². The third-order valence-corrected chi connectivity index (χ3v) is 6.10. The van der Waals surface area contributed by atoms with Gasteiger partial charge in [0.2, 0.25) is 0 Å². The first kappa shape index (κ1) is 21.1. The Morgan fingerprint density at radius 3 is 2.48 bits per heavy atom. The van der Waals surface area contributed by atoms with E-state index < -0.39 is 0 Å². The Morgan fingerprint density at radius 2 is 1.79 bits per heavy atom. The topological polar surface area (TPSA) is 56.8 Å². The van der Waals surface area contributed by atoms with Gasteiger partial charge in [0, 0.05) is 23.7 Å². The molecule has 1 unspecified atom stereocenters. The van der Waals surface area contributed by atoms with E-state index in [0.717, 1.165) is 45.0 Å². The Balaban J connectivity index is 1.73. The van der Waals surface area contributed by atoms with Crippen LogP contribution in [0, 0.1) is 0 Å². The van der Waals surface area contributed by atoms with Gasteiger partial charge >= 0.3 is 5.97 Å². The van der Waals surface area contributed by atoms with Gasteiger partial charge in [0.15, 0.2) is 6.10 Å². The zero-order valence-electron chi connectivity index (χ0n) is 19.5. The van der Waals surface area contributed by atoms with Crippen molar-refractivity contribution in [2.45, 2.75) is 39.3 Å². The average molecular weight is 442 g/mol. The highest BCUT2D eigenvalue weighted by Gasteiger charge is 2.35. The average Bonchev–Trinajstić information content (AvgIpc) is 2.76. The Bertz CT molecular complexity index is 1290. The summed E-state index contributed by atoms with van der Waals surface area (Å²) in [7, 11) is 1.68.